The van der Waals surface area contributed by atoms with Crippen molar-refractivity contribution < 1.29 is 9.84 Å². The van der Waals surface area contributed by atoms with Crippen LogP contribution >= 0.6 is 0 Å². The molecule has 8 atom stereocenters. The summed E-state index contributed by atoms with van der Waals surface area (Å²) in [7, 11) is 0. The van der Waals surface area contributed by atoms with Crippen LogP contribution in [0.2, 0.25) is 0 Å². The second-order valence-corrected chi connectivity index (χ2v) is 10.6. The smallest absolute Gasteiger partial charge is 0.0843 e. The zero-order valence-corrected chi connectivity index (χ0v) is 15.7. The third-order valence-electron chi connectivity index (χ3n) is 9.33. The molecule has 5 aliphatic carbocycles. The summed E-state index contributed by atoms with van der Waals surface area (Å²) in [6.07, 6.45) is 15.1. The topological polar surface area (TPSA) is 29.5 Å². The standard InChI is InChI=1S/C22H36O2/c1-21-10-3-4-17(21)16-8-5-14-12-19(23)20(24-15-6-7-15)13-22(14,2)18(16)9-11-21/h14-20,23H,3-13H2,1-2H3/t14-,16-,17-,18-,19-,20-,21-,22-/m0/s1. The van der Waals surface area contributed by atoms with E-state index >= 15 is 0 Å². The molecule has 5 rings (SSSR count). The third kappa shape index (κ3) is 2.35. The molecule has 0 bridgehead atoms. The minimum Gasteiger partial charge on any atom is -0.390 e. The molecule has 0 heterocycles. The Morgan fingerprint density at radius 1 is 0.917 bits per heavy atom. The number of aliphatic hydroxyl groups excluding tert-OH is 1. The maximum atomic E-state index is 10.7. The van der Waals surface area contributed by atoms with Gasteiger partial charge in [-0.15, -0.1) is 0 Å². The second kappa shape index (κ2) is 5.46. The monoisotopic (exact) mass is 332 g/mol. The molecule has 0 unspecified atom stereocenters. The Labute approximate surface area is 147 Å². The number of hydrogen-bond acceptors (Lipinski definition) is 2. The molecule has 0 aromatic carbocycles. The van der Waals surface area contributed by atoms with Crippen LogP contribution in [0.4, 0.5) is 0 Å². The highest BCUT2D eigenvalue weighted by molar-refractivity contribution is 5.08. The van der Waals surface area contributed by atoms with Gasteiger partial charge in [-0.1, -0.05) is 20.3 Å². The van der Waals surface area contributed by atoms with E-state index in [4.69, 9.17) is 4.74 Å². The van der Waals surface area contributed by atoms with Gasteiger partial charge in [0.1, 0.15) is 0 Å². The van der Waals surface area contributed by atoms with E-state index in [1.165, 1.54) is 57.8 Å². The van der Waals surface area contributed by atoms with Crippen LogP contribution in [0.5, 0.6) is 0 Å². The molecule has 5 aliphatic rings. The minimum atomic E-state index is -0.208. The molecular weight excluding hydrogens is 296 g/mol. The fourth-order valence-corrected chi connectivity index (χ4v) is 7.84. The molecule has 0 saturated heterocycles. The van der Waals surface area contributed by atoms with E-state index in [0.29, 0.717) is 16.9 Å². The van der Waals surface area contributed by atoms with Crippen LogP contribution in [0.3, 0.4) is 0 Å². The largest absolute Gasteiger partial charge is 0.390 e. The predicted molar refractivity (Wildman–Crippen MR) is 95.6 cm³/mol. The number of fused-ring (bicyclic) bond motifs is 5. The van der Waals surface area contributed by atoms with Crippen molar-refractivity contribution in [2.24, 2.45) is 34.5 Å². The minimum absolute atomic E-state index is 0.120. The summed E-state index contributed by atoms with van der Waals surface area (Å²) in [6.45, 7) is 5.18. The third-order valence-corrected chi connectivity index (χ3v) is 9.33. The molecule has 136 valence electrons. The molecule has 0 aliphatic heterocycles. The van der Waals surface area contributed by atoms with Gasteiger partial charge in [-0.3, -0.25) is 0 Å². The highest BCUT2D eigenvalue weighted by atomic mass is 16.5. The van der Waals surface area contributed by atoms with Gasteiger partial charge in [0.15, 0.2) is 0 Å². The Hall–Kier alpha value is -0.0800. The van der Waals surface area contributed by atoms with Gasteiger partial charge in [-0.2, -0.15) is 0 Å². The van der Waals surface area contributed by atoms with Gasteiger partial charge in [0, 0.05) is 0 Å². The van der Waals surface area contributed by atoms with Crippen LogP contribution in [0.1, 0.15) is 84.5 Å². The summed E-state index contributed by atoms with van der Waals surface area (Å²) in [5, 5.41) is 10.7. The average Bonchev–Trinajstić information content (AvgIpc) is 3.26. The lowest BCUT2D eigenvalue weighted by atomic mass is 9.45. The summed E-state index contributed by atoms with van der Waals surface area (Å²) in [4.78, 5) is 0. The predicted octanol–water partition coefficient (Wildman–Crippen LogP) is 4.94. The van der Waals surface area contributed by atoms with Gasteiger partial charge < -0.3 is 9.84 Å². The average molecular weight is 333 g/mol. The van der Waals surface area contributed by atoms with Crippen molar-refractivity contribution in [3.05, 3.63) is 0 Å². The lowest BCUT2D eigenvalue weighted by Crippen LogP contribution is -2.56. The lowest BCUT2D eigenvalue weighted by Gasteiger charge is -2.61. The molecule has 2 nitrogen and oxygen atoms in total. The SMILES string of the molecule is C[C@@]12CCC[C@H]1[C@@H]1CC[C@H]3C[C@H](O)[C@@H](OC4CC4)C[C@]3(C)[C@H]1CC2. The first-order valence-corrected chi connectivity index (χ1v) is 10.8. The quantitative estimate of drug-likeness (QED) is 0.776. The fourth-order valence-electron chi connectivity index (χ4n) is 7.84. The van der Waals surface area contributed by atoms with Crippen LogP contribution in [0.25, 0.3) is 0 Å². The van der Waals surface area contributed by atoms with E-state index in [0.717, 1.165) is 36.5 Å². The summed E-state index contributed by atoms with van der Waals surface area (Å²) < 4.78 is 6.26. The molecule has 0 amide bonds. The molecule has 2 heteroatoms. The summed E-state index contributed by atoms with van der Waals surface area (Å²) in [5.41, 5.74) is 1.08. The Morgan fingerprint density at radius 2 is 1.75 bits per heavy atom. The lowest BCUT2D eigenvalue weighted by molar-refractivity contribution is -0.172. The Kier molecular flexibility index (Phi) is 3.67. The van der Waals surface area contributed by atoms with Crippen LogP contribution in [-0.2, 0) is 4.74 Å². The van der Waals surface area contributed by atoms with Gasteiger partial charge in [-0.25, -0.2) is 0 Å². The van der Waals surface area contributed by atoms with Gasteiger partial charge in [0.2, 0.25) is 0 Å². The molecule has 24 heavy (non-hydrogen) atoms. The summed E-state index contributed by atoms with van der Waals surface area (Å²) in [6, 6.07) is 0. The van der Waals surface area contributed by atoms with E-state index in [1.54, 1.807) is 0 Å². The van der Waals surface area contributed by atoms with Crippen LogP contribution < -0.4 is 0 Å². The van der Waals surface area contributed by atoms with Crippen LogP contribution in [-0.4, -0.2) is 23.4 Å². The van der Waals surface area contributed by atoms with Crippen molar-refractivity contribution in [3.63, 3.8) is 0 Å². The summed E-state index contributed by atoms with van der Waals surface area (Å²) in [5.74, 6) is 3.58. The van der Waals surface area contributed by atoms with Crippen LogP contribution in [0, 0.1) is 34.5 Å². The van der Waals surface area contributed by atoms with Gasteiger partial charge in [0.05, 0.1) is 18.3 Å². The normalized spacial score (nSPS) is 57.1. The second-order valence-electron chi connectivity index (χ2n) is 10.6. The fraction of sp³-hybridized carbons (Fsp3) is 1.00. The number of hydrogen-bond donors (Lipinski definition) is 1. The Bertz CT molecular complexity index is 500. The van der Waals surface area contributed by atoms with Crippen molar-refractivity contribution in [3.8, 4) is 0 Å². The zero-order valence-electron chi connectivity index (χ0n) is 15.7. The first-order valence-electron chi connectivity index (χ1n) is 10.8. The van der Waals surface area contributed by atoms with Crippen molar-refractivity contribution in [2.75, 3.05) is 0 Å². The zero-order chi connectivity index (χ0) is 16.5. The van der Waals surface area contributed by atoms with Gasteiger partial charge >= 0.3 is 0 Å². The van der Waals surface area contributed by atoms with E-state index in [-0.39, 0.29) is 12.2 Å². The molecule has 5 fully saturated rings. The first-order chi connectivity index (χ1) is 11.5. The van der Waals surface area contributed by atoms with Crippen molar-refractivity contribution in [1.82, 2.24) is 0 Å². The van der Waals surface area contributed by atoms with E-state index in [2.05, 4.69) is 13.8 Å². The maximum absolute atomic E-state index is 10.7. The first kappa shape index (κ1) is 16.1. The molecule has 0 aromatic heterocycles. The maximum Gasteiger partial charge on any atom is 0.0843 e. The number of rotatable bonds is 2. The number of ether oxygens (including phenoxy) is 1. The van der Waals surface area contributed by atoms with E-state index in [9.17, 15) is 5.11 Å². The van der Waals surface area contributed by atoms with Crippen molar-refractivity contribution >= 4 is 0 Å². The van der Waals surface area contributed by atoms with Crippen molar-refractivity contribution in [1.29, 1.82) is 0 Å². The molecule has 0 aromatic rings. The van der Waals surface area contributed by atoms with E-state index < -0.39 is 0 Å². The summed E-state index contributed by atoms with van der Waals surface area (Å²) >= 11 is 0. The molecular formula is C22H36O2. The Balaban J connectivity index is 1.40. The highest BCUT2D eigenvalue weighted by Crippen LogP contribution is 2.66. The highest BCUT2D eigenvalue weighted by Gasteiger charge is 2.59. The van der Waals surface area contributed by atoms with E-state index in [1.807, 2.05) is 0 Å². The molecule has 5 saturated carbocycles. The van der Waals surface area contributed by atoms with Crippen molar-refractivity contribution in [2.45, 2.75) is 103 Å². The van der Waals surface area contributed by atoms with Gasteiger partial charge in [0.25, 0.3) is 0 Å². The molecule has 0 radical (unpaired) electrons. The molecule has 1 N–H and O–H groups in total. The van der Waals surface area contributed by atoms with Crippen LogP contribution in [0.15, 0.2) is 0 Å². The Morgan fingerprint density at radius 3 is 2.54 bits per heavy atom. The van der Waals surface area contributed by atoms with Gasteiger partial charge in [-0.05, 0) is 98.7 Å². The number of aliphatic hydroxyl groups is 1. The molecule has 0 spiro atoms.